The number of benzene rings is 1. The summed E-state index contributed by atoms with van der Waals surface area (Å²) in [5.74, 6) is 0.574. The van der Waals surface area contributed by atoms with Gasteiger partial charge in [-0.1, -0.05) is 49.7 Å². The third kappa shape index (κ3) is 3.71. The van der Waals surface area contributed by atoms with E-state index < -0.39 is 0 Å². The Morgan fingerprint density at radius 2 is 1.89 bits per heavy atom. The van der Waals surface area contributed by atoms with Crippen LogP contribution in [0.3, 0.4) is 0 Å². The van der Waals surface area contributed by atoms with Crippen molar-refractivity contribution in [2.45, 2.75) is 33.2 Å². The van der Waals surface area contributed by atoms with Gasteiger partial charge in [0.25, 0.3) is 0 Å². The lowest BCUT2D eigenvalue weighted by Gasteiger charge is -2.09. The van der Waals surface area contributed by atoms with Crippen LogP contribution < -0.4 is 5.32 Å². The molecule has 0 radical (unpaired) electrons. The SMILES string of the molecule is Cc1cc(NCc2ccc(C(C)C)cc2)cnc1Cl. The van der Waals surface area contributed by atoms with E-state index in [0.29, 0.717) is 11.1 Å². The van der Waals surface area contributed by atoms with Crippen molar-refractivity contribution >= 4 is 17.3 Å². The molecule has 0 amide bonds. The second kappa shape index (κ2) is 6.07. The standard InChI is InChI=1S/C16H19ClN2/c1-11(2)14-6-4-13(5-7-14)9-18-15-8-12(3)16(17)19-10-15/h4-8,10-11,18H,9H2,1-3H3. The van der Waals surface area contributed by atoms with Crippen molar-refractivity contribution < 1.29 is 0 Å². The Hall–Kier alpha value is -1.54. The molecular weight excluding hydrogens is 256 g/mol. The first-order valence-corrected chi connectivity index (χ1v) is 6.89. The van der Waals surface area contributed by atoms with E-state index in [0.717, 1.165) is 17.8 Å². The number of aromatic nitrogens is 1. The first-order valence-electron chi connectivity index (χ1n) is 6.51. The first-order chi connectivity index (χ1) is 9.06. The van der Waals surface area contributed by atoms with Crippen LogP contribution in [0.15, 0.2) is 36.5 Å². The summed E-state index contributed by atoms with van der Waals surface area (Å²) >= 11 is 5.91. The summed E-state index contributed by atoms with van der Waals surface area (Å²) < 4.78 is 0. The summed E-state index contributed by atoms with van der Waals surface area (Å²) in [6, 6.07) is 10.7. The Kier molecular flexibility index (Phi) is 4.43. The summed E-state index contributed by atoms with van der Waals surface area (Å²) in [4.78, 5) is 4.13. The van der Waals surface area contributed by atoms with Crippen LogP contribution in [0.2, 0.25) is 5.15 Å². The number of rotatable bonds is 4. The van der Waals surface area contributed by atoms with E-state index in [1.807, 2.05) is 13.0 Å². The van der Waals surface area contributed by atoms with E-state index in [-0.39, 0.29) is 0 Å². The number of aryl methyl sites for hydroxylation is 1. The molecule has 0 aliphatic heterocycles. The summed E-state index contributed by atoms with van der Waals surface area (Å²) in [6.07, 6.45) is 1.76. The largest absolute Gasteiger partial charge is 0.380 e. The maximum atomic E-state index is 5.91. The minimum absolute atomic E-state index is 0.562. The summed E-state index contributed by atoms with van der Waals surface area (Å²) in [5.41, 5.74) is 4.61. The zero-order valence-corrected chi connectivity index (χ0v) is 12.3. The normalized spacial score (nSPS) is 10.8. The van der Waals surface area contributed by atoms with Crippen LogP contribution in [-0.2, 0) is 6.54 Å². The minimum atomic E-state index is 0.562. The van der Waals surface area contributed by atoms with Crippen molar-refractivity contribution in [3.05, 3.63) is 58.4 Å². The van der Waals surface area contributed by atoms with Gasteiger partial charge < -0.3 is 5.32 Å². The molecule has 0 atom stereocenters. The average Bonchev–Trinajstić information content (AvgIpc) is 2.40. The van der Waals surface area contributed by atoms with Crippen molar-refractivity contribution in [3.63, 3.8) is 0 Å². The molecule has 1 aromatic heterocycles. The smallest absolute Gasteiger partial charge is 0.132 e. The van der Waals surface area contributed by atoms with E-state index in [2.05, 4.69) is 48.4 Å². The van der Waals surface area contributed by atoms with Gasteiger partial charge in [-0.3, -0.25) is 0 Å². The molecule has 0 aliphatic rings. The molecule has 2 rings (SSSR count). The third-order valence-corrected chi connectivity index (χ3v) is 3.55. The van der Waals surface area contributed by atoms with Crippen LogP contribution in [0.4, 0.5) is 5.69 Å². The monoisotopic (exact) mass is 274 g/mol. The maximum Gasteiger partial charge on any atom is 0.132 e. The van der Waals surface area contributed by atoms with Crippen molar-refractivity contribution in [1.29, 1.82) is 0 Å². The second-order valence-electron chi connectivity index (χ2n) is 5.08. The minimum Gasteiger partial charge on any atom is -0.380 e. The molecule has 0 saturated heterocycles. The second-order valence-corrected chi connectivity index (χ2v) is 5.44. The van der Waals surface area contributed by atoms with E-state index in [1.54, 1.807) is 6.20 Å². The lowest BCUT2D eigenvalue weighted by atomic mass is 10.0. The molecule has 2 aromatic rings. The van der Waals surface area contributed by atoms with Gasteiger partial charge in [-0.25, -0.2) is 4.98 Å². The fraction of sp³-hybridized carbons (Fsp3) is 0.312. The van der Waals surface area contributed by atoms with E-state index >= 15 is 0 Å². The highest BCUT2D eigenvalue weighted by Crippen LogP contribution is 2.18. The highest BCUT2D eigenvalue weighted by atomic mass is 35.5. The molecule has 1 heterocycles. The number of nitrogens with one attached hydrogen (secondary N) is 1. The number of anilines is 1. The molecule has 0 fully saturated rings. The summed E-state index contributed by atoms with van der Waals surface area (Å²) in [5, 5.41) is 3.92. The molecule has 19 heavy (non-hydrogen) atoms. The van der Waals surface area contributed by atoms with Gasteiger partial charge in [0.1, 0.15) is 5.15 Å². The van der Waals surface area contributed by atoms with Gasteiger partial charge in [0.2, 0.25) is 0 Å². The van der Waals surface area contributed by atoms with Gasteiger partial charge >= 0.3 is 0 Å². The van der Waals surface area contributed by atoms with Crippen molar-refractivity contribution in [3.8, 4) is 0 Å². The Morgan fingerprint density at radius 1 is 1.21 bits per heavy atom. The Balaban J connectivity index is 2.00. The molecule has 0 spiro atoms. The van der Waals surface area contributed by atoms with Crippen molar-refractivity contribution in [2.75, 3.05) is 5.32 Å². The van der Waals surface area contributed by atoms with E-state index in [1.165, 1.54) is 11.1 Å². The topological polar surface area (TPSA) is 24.9 Å². The lowest BCUT2D eigenvalue weighted by molar-refractivity contribution is 0.865. The number of pyridine rings is 1. The Morgan fingerprint density at radius 3 is 2.47 bits per heavy atom. The first kappa shape index (κ1) is 13.9. The molecule has 0 saturated carbocycles. The van der Waals surface area contributed by atoms with E-state index in [9.17, 15) is 0 Å². The number of hydrogen-bond donors (Lipinski definition) is 1. The van der Waals surface area contributed by atoms with Gasteiger partial charge in [-0.15, -0.1) is 0 Å². The Bertz CT molecular complexity index is 547. The quantitative estimate of drug-likeness (QED) is 0.812. The Labute approximate surface area is 119 Å². The molecule has 2 nitrogen and oxygen atoms in total. The maximum absolute atomic E-state index is 5.91. The molecule has 100 valence electrons. The predicted molar refractivity (Wildman–Crippen MR) is 81.8 cm³/mol. The fourth-order valence-corrected chi connectivity index (χ4v) is 1.98. The van der Waals surface area contributed by atoms with Gasteiger partial charge in [-0.05, 0) is 35.6 Å². The van der Waals surface area contributed by atoms with Crippen LogP contribution >= 0.6 is 11.6 Å². The van der Waals surface area contributed by atoms with Crippen LogP contribution in [-0.4, -0.2) is 4.98 Å². The van der Waals surface area contributed by atoms with Crippen molar-refractivity contribution in [2.24, 2.45) is 0 Å². The molecule has 1 N–H and O–H groups in total. The van der Waals surface area contributed by atoms with Gasteiger partial charge in [0, 0.05) is 6.54 Å². The van der Waals surface area contributed by atoms with Crippen LogP contribution in [0.25, 0.3) is 0 Å². The average molecular weight is 275 g/mol. The van der Waals surface area contributed by atoms with Crippen LogP contribution in [0.5, 0.6) is 0 Å². The fourth-order valence-electron chi connectivity index (χ4n) is 1.88. The third-order valence-electron chi connectivity index (χ3n) is 3.16. The van der Waals surface area contributed by atoms with Gasteiger partial charge in [0.05, 0.1) is 11.9 Å². The highest BCUT2D eigenvalue weighted by molar-refractivity contribution is 6.30. The number of hydrogen-bond acceptors (Lipinski definition) is 2. The highest BCUT2D eigenvalue weighted by Gasteiger charge is 2.01. The number of nitrogens with zero attached hydrogens (tertiary/aromatic N) is 1. The van der Waals surface area contributed by atoms with Crippen molar-refractivity contribution in [1.82, 2.24) is 4.98 Å². The summed E-state index contributed by atoms with van der Waals surface area (Å²) in [7, 11) is 0. The lowest BCUT2D eigenvalue weighted by Crippen LogP contribution is -2.00. The molecule has 3 heteroatoms. The molecule has 1 aromatic carbocycles. The van der Waals surface area contributed by atoms with Crippen LogP contribution in [0.1, 0.15) is 36.5 Å². The van der Waals surface area contributed by atoms with Gasteiger partial charge in [-0.2, -0.15) is 0 Å². The van der Waals surface area contributed by atoms with Crippen LogP contribution in [0, 0.1) is 6.92 Å². The van der Waals surface area contributed by atoms with E-state index in [4.69, 9.17) is 11.6 Å². The molecular formula is C16H19ClN2. The summed E-state index contributed by atoms with van der Waals surface area (Å²) in [6.45, 7) is 7.16. The predicted octanol–water partition coefficient (Wildman–Crippen LogP) is 4.78. The molecule has 0 bridgehead atoms. The van der Waals surface area contributed by atoms with Gasteiger partial charge in [0.15, 0.2) is 0 Å². The molecule has 0 unspecified atom stereocenters. The number of halogens is 1. The molecule has 0 aliphatic carbocycles. The zero-order chi connectivity index (χ0) is 13.8. The zero-order valence-electron chi connectivity index (χ0n) is 11.6.